The van der Waals surface area contributed by atoms with Crippen molar-refractivity contribution < 1.29 is 19.1 Å². The standard InChI is InChI=1S/C19H15BrN6O4/c1-19(12-3-2-4-13(6-12)26-9-21-23-24-26)17(27)25(18(28)22-19)8-11-5-15-16(7-14(11)20)30-10-29-15/h2-7,9H,8,10H2,1H3,(H,22,28)/t19-/m0/s1. The van der Waals surface area contributed by atoms with Crippen LogP contribution in [0.1, 0.15) is 18.1 Å². The molecular formula is C19H15BrN6O4. The van der Waals surface area contributed by atoms with Gasteiger partial charge in [-0.05, 0) is 52.7 Å². The van der Waals surface area contributed by atoms with E-state index in [4.69, 9.17) is 9.47 Å². The predicted molar refractivity (Wildman–Crippen MR) is 106 cm³/mol. The van der Waals surface area contributed by atoms with Crippen LogP contribution in [0.25, 0.3) is 5.69 Å². The summed E-state index contributed by atoms with van der Waals surface area (Å²) in [6, 6.07) is 10.2. The molecule has 2 aromatic carbocycles. The number of ether oxygens (including phenoxy) is 2. The average Bonchev–Trinajstić information content (AvgIpc) is 3.46. The van der Waals surface area contributed by atoms with E-state index < -0.39 is 11.6 Å². The van der Waals surface area contributed by atoms with Crippen LogP contribution < -0.4 is 14.8 Å². The molecule has 2 aliphatic heterocycles. The third-order valence-electron chi connectivity index (χ3n) is 5.18. The zero-order chi connectivity index (χ0) is 20.9. The Morgan fingerprint density at radius 1 is 1.20 bits per heavy atom. The monoisotopic (exact) mass is 470 g/mol. The summed E-state index contributed by atoms with van der Waals surface area (Å²) in [4.78, 5) is 27.2. The molecule has 3 aromatic rings. The summed E-state index contributed by atoms with van der Waals surface area (Å²) in [7, 11) is 0. The topological polar surface area (TPSA) is 111 Å². The van der Waals surface area contributed by atoms with E-state index in [0.29, 0.717) is 22.7 Å². The van der Waals surface area contributed by atoms with Gasteiger partial charge in [-0.2, -0.15) is 0 Å². The molecule has 1 aromatic heterocycles. The van der Waals surface area contributed by atoms with Gasteiger partial charge in [0.1, 0.15) is 11.9 Å². The van der Waals surface area contributed by atoms with Gasteiger partial charge in [0.25, 0.3) is 5.91 Å². The minimum atomic E-state index is -1.22. The molecule has 10 nitrogen and oxygen atoms in total. The van der Waals surface area contributed by atoms with Gasteiger partial charge in [0.15, 0.2) is 11.5 Å². The number of amides is 3. The van der Waals surface area contributed by atoms with Gasteiger partial charge >= 0.3 is 6.03 Å². The van der Waals surface area contributed by atoms with Gasteiger partial charge in [-0.3, -0.25) is 9.69 Å². The van der Waals surface area contributed by atoms with Gasteiger partial charge in [0.05, 0.1) is 12.2 Å². The number of nitrogens with one attached hydrogen (secondary N) is 1. The van der Waals surface area contributed by atoms with Crippen molar-refractivity contribution in [3.63, 3.8) is 0 Å². The van der Waals surface area contributed by atoms with Crippen LogP contribution in [0, 0.1) is 0 Å². The number of hydrogen-bond acceptors (Lipinski definition) is 7. The van der Waals surface area contributed by atoms with Crippen LogP contribution in [-0.2, 0) is 16.9 Å². The number of benzene rings is 2. The second kappa shape index (κ2) is 6.80. The zero-order valence-electron chi connectivity index (χ0n) is 15.7. The zero-order valence-corrected chi connectivity index (χ0v) is 17.3. The lowest BCUT2D eigenvalue weighted by molar-refractivity contribution is -0.131. The molecule has 3 heterocycles. The highest BCUT2D eigenvalue weighted by Gasteiger charge is 2.49. The maximum Gasteiger partial charge on any atom is 0.325 e. The van der Waals surface area contributed by atoms with E-state index in [0.717, 1.165) is 10.0 Å². The summed E-state index contributed by atoms with van der Waals surface area (Å²) in [5, 5.41) is 13.9. The number of rotatable bonds is 4. The second-order valence-corrected chi connectivity index (χ2v) is 7.90. The molecule has 0 unspecified atom stereocenters. The van der Waals surface area contributed by atoms with Gasteiger partial charge in [-0.15, -0.1) is 5.10 Å². The van der Waals surface area contributed by atoms with Crippen molar-refractivity contribution in [3.05, 3.63) is 58.3 Å². The minimum Gasteiger partial charge on any atom is -0.454 e. The smallest absolute Gasteiger partial charge is 0.325 e. The maximum absolute atomic E-state index is 13.3. The Bertz CT molecular complexity index is 1170. The number of hydrogen-bond donors (Lipinski definition) is 1. The fraction of sp³-hybridized carbons (Fsp3) is 0.211. The lowest BCUT2D eigenvalue weighted by Crippen LogP contribution is -2.40. The van der Waals surface area contributed by atoms with E-state index in [1.165, 1.54) is 15.9 Å². The first-order valence-corrected chi connectivity index (χ1v) is 9.81. The van der Waals surface area contributed by atoms with Crippen molar-refractivity contribution in [2.45, 2.75) is 19.0 Å². The van der Waals surface area contributed by atoms with Crippen molar-refractivity contribution in [2.24, 2.45) is 0 Å². The van der Waals surface area contributed by atoms with Crippen LogP contribution in [-0.4, -0.2) is 43.8 Å². The number of imide groups is 1. The van der Waals surface area contributed by atoms with E-state index in [9.17, 15) is 9.59 Å². The first-order valence-electron chi connectivity index (χ1n) is 9.02. The first kappa shape index (κ1) is 18.6. The molecule has 3 amide bonds. The van der Waals surface area contributed by atoms with Crippen molar-refractivity contribution in [2.75, 3.05) is 6.79 Å². The second-order valence-electron chi connectivity index (χ2n) is 7.05. The molecule has 11 heteroatoms. The third-order valence-corrected chi connectivity index (χ3v) is 5.92. The molecule has 152 valence electrons. The Kier molecular flexibility index (Phi) is 4.21. The molecule has 1 N–H and O–H groups in total. The fourth-order valence-corrected chi connectivity index (χ4v) is 3.97. The lowest BCUT2D eigenvalue weighted by Gasteiger charge is -2.23. The number of tetrazole rings is 1. The Labute approximate surface area is 178 Å². The SMILES string of the molecule is C[C@@]1(c2cccc(-n3cnnn3)c2)NC(=O)N(Cc2cc3c(cc2Br)OCO3)C1=O. The van der Waals surface area contributed by atoms with Crippen LogP contribution in [0.2, 0.25) is 0 Å². The van der Waals surface area contributed by atoms with Crippen LogP contribution in [0.3, 0.4) is 0 Å². The molecule has 1 atom stereocenters. The maximum atomic E-state index is 13.3. The number of carbonyl (C=O) groups is 2. The van der Waals surface area contributed by atoms with Crippen molar-refractivity contribution in [3.8, 4) is 17.2 Å². The van der Waals surface area contributed by atoms with Gasteiger partial charge in [0, 0.05) is 4.47 Å². The van der Waals surface area contributed by atoms with E-state index in [1.807, 2.05) is 6.07 Å². The summed E-state index contributed by atoms with van der Waals surface area (Å²) < 4.78 is 13.0. The Balaban J connectivity index is 1.45. The first-order chi connectivity index (χ1) is 14.5. The number of fused-ring (bicyclic) bond motifs is 1. The van der Waals surface area contributed by atoms with Crippen molar-refractivity contribution in [1.29, 1.82) is 0 Å². The highest BCUT2D eigenvalue weighted by Crippen LogP contribution is 2.38. The molecule has 1 saturated heterocycles. The average molecular weight is 471 g/mol. The molecule has 0 spiro atoms. The van der Waals surface area contributed by atoms with E-state index in [-0.39, 0.29) is 19.2 Å². The lowest BCUT2D eigenvalue weighted by atomic mass is 9.91. The van der Waals surface area contributed by atoms with E-state index >= 15 is 0 Å². The van der Waals surface area contributed by atoms with Gasteiger partial charge in [-0.1, -0.05) is 28.1 Å². The summed E-state index contributed by atoms with van der Waals surface area (Å²) >= 11 is 3.48. The highest BCUT2D eigenvalue weighted by atomic mass is 79.9. The van der Waals surface area contributed by atoms with Crippen LogP contribution in [0.4, 0.5) is 4.79 Å². The number of carbonyl (C=O) groups excluding carboxylic acids is 2. The Morgan fingerprint density at radius 3 is 2.77 bits per heavy atom. The molecule has 5 rings (SSSR count). The van der Waals surface area contributed by atoms with Crippen LogP contribution in [0.15, 0.2) is 47.2 Å². The Hall–Kier alpha value is -3.47. The van der Waals surface area contributed by atoms with Crippen LogP contribution in [0.5, 0.6) is 11.5 Å². The number of urea groups is 1. The van der Waals surface area contributed by atoms with Gasteiger partial charge in [0.2, 0.25) is 6.79 Å². The molecular weight excluding hydrogens is 456 g/mol. The Morgan fingerprint density at radius 2 is 2.00 bits per heavy atom. The number of nitrogens with zero attached hydrogens (tertiary/aromatic N) is 5. The van der Waals surface area contributed by atoms with Crippen molar-refractivity contribution >= 4 is 27.9 Å². The molecule has 0 saturated carbocycles. The molecule has 1 fully saturated rings. The summed E-state index contributed by atoms with van der Waals surface area (Å²) in [6.07, 6.45) is 1.46. The summed E-state index contributed by atoms with van der Waals surface area (Å²) in [6.45, 7) is 1.91. The molecule has 0 bridgehead atoms. The third kappa shape index (κ3) is 2.89. The number of aromatic nitrogens is 4. The fourth-order valence-electron chi connectivity index (χ4n) is 3.53. The largest absolute Gasteiger partial charge is 0.454 e. The van der Waals surface area contributed by atoms with Crippen LogP contribution >= 0.6 is 15.9 Å². The molecule has 2 aliphatic rings. The normalized spacial score (nSPS) is 20.0. The quantitative estimate of drug-likeness (QED) is 0.581. The van der Waals surface area contributed by atoms with E-state index in [2.05, 4.69) is 36.8 Å². The highest BCUT2D eigenvalue weighted by molar-refractivity contribution is 9.10. The minimum absolute atomic E-state index is 0.0875. The molecule has 0 radical (unpaired) electrons. The molecule has 0 aliphatic carbocycles. The predicted octanol–water partition coefficient (Wildman–Crippen LogP) is 2.12. The summed E-state index contributed by atoms with van der Waals surface area (Å²) in [5.41, 5.74) is 0.817. The molecule has 30 heavy (non-hydrogen) atoms. The van der Waals surface area contributed by atoms with Gasteiger partial charge < -0.3 is 14.8 Å². The number of halogens is 1. The van der Waals surface area contributed by atoms with Crippen molar-refractivity contribution in [1.82, 2.24) is 30.4 Å². The van der Waals surface area contributed by atoms with Gasteiger partial charge in [-0.25, -0.2) is 9.48 Å². The summed E-state index contributed by atoms with van der Waals surface area (Å²) in [5.74, 6) is 0.843. The van der Waals surface area contributed by atoms with E-state index in [1.54, 1.807) is 37.3 Å².